The van der Waals surface area contributed by atoms with Crippen molar-refractivity contribution in [2.45, 2.75) is 32.6 Å². The van der Waals surface area contributed by atoms with E-state index in [1.807, 2.05) is 54.6 Å². The second-order valence-corrected chi connectivity index (χ2v) is 6.54. The number of hydrogen-bond acceptors (Lipinski definition) is 2. The molecule has 3 aromatic rings. The fraction of sp³-hybridized carbons (Fsp3) is 0.238. The molecule has 25 heavy (non-hydrogen) atoms. The van der Waals surface area contributed by atoms with E-state index in [1.54, 1.807) is 0 Å². The molecule has 0 aliphatic carbocycles. The minimum Gasteiger partial charge on any atom is -0.326 e. The summed E-state index contributed by atoms with van der Waals surface area (Å²) in [5.41, 5.74) is 3.32. The third kappa shape index (κ3) is 4.15. The van der Waals surface area contributed by atoms with E-state index in [1.165, 1.54) is 5.56 Å². The highest BCUT2D eigenvalue weighted by molar-refractivity contribution is 5.91. The number of nitrogens with one attached hydrogen (secondary N) is 2. The van der Waals surface area contributed by atoms with E-state index >= 15 is 0 Å². The maximum atomic E-state index is 12.2. The molecule has 1 amide bonds. The summed E-state index contributed by atoms with van der Waals surface area (Å²) in [4.78, 5) is 27.1. The SMILES string of the molecule is CC(C)c1ccc(NC(=O)CCc2cc3ccccc3[nH]c2=O)cc1. The smallest absolute Gasteiger partial charge is 0.251 e. The molecule has 0 aliphatic rings. The first-order valence-electron chi connectivity index (χ1n) is 8.53. The van der Waals surface area contributed by atoms with Crippen LogP contribution < -0.4 is 10.9 Å². The molecule has 0 saturated carbocycles. The van der Waals surface area contributed by atoms with Gasteiger partial charge in [-0.15, -0.1) is 0 Å². The van der Waals surface area contributed by atoms with Gasteiger partial charge < -0.3 is 10.3 Å². The van der Waals surface area contributed by atoms with Crippen LogP contribution in [0.3, 0.4) is 0 Å². The highest BCUT2D eigenvalue weighted by Crippen LogP contribution is 2.17. The lowest BCUT2D eigenvalue weighted by atomic mass is 10.0. The number of benzene rings is 2. The standard InChI is InChI=1S/C21H22N2O2/c1-14(2)15-7-10-18(11-8-15)22-20(24)12-9-17-13-16-5-3-4-6-19(16)23-21(17)25/h3-8,10-11,13-14H,9,12H2,1-2H3,(H,22,24)(H,23,25). The molecule has 0 bridgehead atoms. The quantitative estimate of drug-likeness (QED) is 0.734. The first-order valence-corrected chi connectivity index (χ1v) is 8.53. The fourth-order valence-electron chi connectivity index (χ4n) is 2.80. The Morgan fingerprint density at radius 3 is 2.52 bits per heavy atom. The zero-order valence-electron chi connectivity index (χ0n) is 14.5. The third-order valence-electron chi connectivity index (χ3n) is 4.31. The number of carbonyl (C=O) groups excluding carboxylic acids is 1. The molecule has 0 fully saturated rings. The van der Waals surface area contributed by atoms with E-state index in [4.69, 9.17) is 0 Å². The number of rotatable bonds is 5. The number of para-hydroxylation sites is 1. The summed E-state index contributed by atoms with van der Waals surface area (Å²) in [7, 11) is 0. The zero-order chi connectivity index (χ0) is 17.8. The lowest BCUT2D eigenvalue weighted by Gasteiger charge is -2.08. The molecule has 0 unspecified atom stereocenters. The van der Waals surface area contributed by atoms with Gasteiger partial charge in [-0.3, -0.25) is 9.59 Å². The number of amides is 1. The second kappa shape index (κ2) is 7.34. The Hall–Kier alpha value is -2.88. The summed E-state index contributed by atoms with van der Waals surface area (Å²) in [6.07, 6.45) is 0.684. The topological polar surface area (TPSA) is 62.0 Å². The van der Waals surface area contributed by atoms with Crippen molar-refractivity contribution in [3.63, 3.8) is 0 Å². The van der Waals surface area contributed by atoms with E-state index in [0.29, 0.717) is 17.9 Å². The van der Waals surface area contributed by atoms with Crippen LogP contribution in [0.2, 0.25) is 0 Å². The van der Waals surface area contributed by atoms with Crippen LogP contribution in [0, 0.1) is 0 Å². The van der Waals surface area contributed by atoms with Gasteiger partial charge in [-0.25, -0.2) is 0 Å². The van der Waals surface area contributed by atoms with Gasteiger partial charge in [0.1, 0.15) is 0 Å². The Kier molecular flexibility index (Phi) is 4.98. The van der Waals surface area contributed by atoms with Crippen molar-refractivity contribution in [2.75, 3.05) is 5.32 Å². The molecule has 1 heterocycles. The Balaban J connectivity index is 1.64. The summed E-state index contributed by atoms with van der Waals surface area (Å²) in [6.45, 7) is 4.27. The number of hydrogen-bond donors (Lipinski definition) is 2. The molecule has 0 radical (unpaired) electrons. The number of carbonyl (C=O) groups is 1. The molecule has 0 saturated heterocycles. The Bertz CT molecular complexity index is 940. The average molecular weight is 334 g/mol. The molecule has 128 valence electrons. The van der Waals surface area contributed by atoms with Gasteiger partial charge in [0.2, 0.25) is 5.91 Å². The number of anilines is 1. The molecule has 1 aromatic heterocycles. The highest BCUT2D eigenvalue weighted by Gasteiger charge is 2.08. The van der Waals surface area contributed by atoms with Gasteiger partial charge in [0.05, 0.1) is 0 Å². The summed E-state index contributed by atoms with van der Waals surface area (Å²) >= 11 is 0. The van der Waals surface area contributed by atoms with Gasteiger partial charge in [-0.1, -0.05) is 44.2 Å². The number of pyridine rings is 1. The molecular formula is C21H22N2O2. The van der Waals surface area contributed by atoms with Crippen LogP contribution >= 0.6 is 0 Å². The summed E-state index contributed by atoms with van der Waals surface area (Å²) in [5.74, 6) is 0.370. The first kappa shape index (κ1) is 17.0. The van der Waals surface area contributed by atoms with E-state index in [-0.39, 0.29) is 17.9 Å². The monoisotopic (exact) mass is 334 g/mol. The van der Waals surface area contributed by atoms with Crippen molar-refractivity contribution in [2.24, 2.45) is 0 Å². The van der Waals surface area contributed by atoms with Crippen LogP contribution in [-0.2, 0) is 11.2 Å². The Morgan fingerprint density at radius 2 is 1.80 bits per heavy atom. The maximum absolute atomic E-state index is 12.2. The number of aromatic amines is 1. The van der Waals surface area contributed by atoms with Crippen molar-refractivity contribution < 1.29 is 4.79 Å². The van der Waals surface area contributed by atoms with E-state index in [9.17, 15) is 9.59 Å². The second-order valence-electron chi connectivity index (χ2n) is 6.54. The number of aryl methyl sites for hydroxylation is 1. The van der Waals surface area contributed by atoms with Crippen molar-refractivity contribution >= 4 is 22.5 Å². The average Bonchev–Trinajstić information content (AvgIpc) is 2.60. The molecule has 0 spiro atoms. The highest BCUT2D eigenvalue weighted by atomic mass is 16.1. The molecule has 2 aromatic carbocycles. The lowest BCUT2D eigenvalue weighted by molar-refractivity contribution is -0.116. The number of H-pyrrole nitrogens is 1. The number of fused-ring (bicyclic) bond motifs is 1. The van der Waals surface area contributed by atoms with Gasteiger partial charge in [0.25, 0.3) is 5.56 Å². The Labute approximate surface area is 146 Å². The van der Waals surface area contributed by atoms with Crippen LogP contribution in [0.15, 0.2) is 59.4 Å². The molecule has 0 atom stereocenters. The van der Waals surface area contributed by atoms with E-state index in [2.05, 4.69) is 24.1 Å². The van der Waals surface area contributed by atoms with Crippen LogP contribution in [0.5, 0.6) is 0 Å². The predicted molar refractivity (Wildman–Crippen MR) is 102 cm³/mol. The molecule has 4 heteroatoms. The minimum absolute atomic E-state index is 0.0927. The van der Waals surface area contributed by atoms with Crippen molar-refractivity contribution in [3.05, 3.63) is 76.1 Å². The van der Waals surface area contributed by atoms with Crippen molar-refractivity contribution in [3.8, 4) is 0 Å². The van der Waals surface area contributed by atoms with E-state index < -0.39 is 0 Å². The first-order chi connectivity index (χ1) is 12.0. The van der Waals surface area contributed by atoms with Crippen LogP contribution in [0.1, 0.15) is 37.3 Å². The van der Waals surface area contributed by atoms with Gasteiger partial charge in [0.15, 0.2) is 0 Å². The molecule has 3 rings (SSSR count). The van der Waals surface area contributed by atoms with Gasteiger partial charge in [0, 0.05) is 23.2 Å². The van der Waals surface area contributed by atoms with Crippen LogP contribution in [0.4, 0.5) is 5.69 Å². The van der Waals surface area contributed by atoms with E-state index in [0.717, 1.165) is 16.6 Å². The van der Waals surface area contributed by atoms with Crippen molar-refractivity contribution in [1.29, 1.82) is 0 Å². The van der Waals surface area contributed by atoms with Gasteiger partial charge >= 0.3 is 0 Å². The summed E-state index contributed by atoms with van der Waals surface area (Å²) in [5, 5.41) is 3.86. The number of aromatic nitrogens is 1. The zero-order valence-corrected chi connectivity index (χ0v) is 14.5. The molecular weight excluding hydrogens is 312 g/mol. The maximum Gasteiger partial charge on any atom is 0.251 e. The third-order valence-corrected chi connectivity index (χ3v) is 4.31. The van der Waals surface area contributed by atoms with Gasteiger partial charge in [-0.05, 0) is 47.6 Å². The lowest BCUT2D eigenvalue weighted by Crippen LogP contribution is -2.17. The van der Waals surface area contributed by atoms with Crippen LogP contribution in [-0.4, -0.2) is 10.9 Å². The molecule has 0 aliphatic heterocycles. The normalized spacial score (nSPS) is 11.0. The van der Waals surface area contributed by atoms with Crippen LogP contribution in [0.25, 0.3) is 10.9 Å². The minimum atomic E-state index is -0.132. The van der Waals surface area contributed by atoms with Gasteiger partial charge in [-0.2, -0.15) is 0 Å². The largest absolute Gasteiger partial charge is 0.326 e. The van der Waals surface area contributed by atoms with Crippen molar-refractivity contribution in [1.82, 2.24) is 4.98 Å². The summed E-state index contributed by atoms with van der Waals surface area (Å²) < 4.78 is 0. The fourth-order valence-corrected chi connectivity index (χ4v) is 2.80. The molecule has 2 N–H and O–H groups in total. The Morgan fingerprint density at radius 1 is 1.08 bits per heavy atom. The predicted octanol–water partition coefficient (Wildman–Crippen LogP) is 4.22. The molecule has 4 nitrogen and oxygen atoms in total. The summed E-state index contributed by atoms with van der Waals surface area (Å²) in [6, 6.07) is 17.4.